The zero-order valence-electron chi connectivity index (χ0n) is 22.6. The van der Waals surface area contributed by atoms with Crippen molar-refractivity contribution >= 4 is 52.6 Å². The van der Waals surface area contributed by atoms with Crippen LogP contribution in [-0.4, -0.2) is 5.91 Å². The third-order valence-corrected chi connectivity index (χ3v) is 9.38. The van der Waals surface area contributed by atoms with Gasteiger partial charge in [0.15, 0.2) is 0 Å². The summed E-state index contributed by atoms with van der Waals surface area (Å²) in [5.41, 5.74) is 10.4. The molecule has 1 amide bonds. The lowest BCUT2D eigenvalue weighted by molar-refractivity contribution is -0.119. The molecule has 0 aliphatic rings. The number of hydrogen-bond acceptors (Lipinski definition) is 3. The molecule has 1 unspecified atom stereocenters. The van der Waals surface area contributed by atoms with Crippen molar-refractivity contribution in [2.45, 2.75) is 71.5 Å². The van der Waals surface area contributed by atoms with Crippen LogP contribution >= 0.6 is 46.7 Å². The second-order valence-corrected chi connectivity index (χ2v) is 13.3. The molecule has 2 N–H and O–H groups in total. The summed E-state index contributed by atoms with van der Waals surface area (Å²) in [6.45, 7) is 8.74. The molecule has 0 fully saturated rings. The van der Waals surface area contributed by atoms with Crippen molar-refractivity contribution in [1.29, 1.82) is 0 Å². The molecule has 0 aromatic heterocycles. The predicted octanol–water partition coefficient (Wildman–Crippen LogP) is 10.4. The van der Waals surface area contributed by atoms with Crippen LogP contribution in [0.4, 0.5) is 0 Å². The van der Waals surface area contributed by atoms with Crippen LogP contribution in [0, 0.1) is 0 Å². The number of hydrogen-bond donors (Lipinski definition) is 1. The topological polar surface area (TPSA) is 43.1 Å². The molecule has 0 radical (unpaired) electrons. The summed E-state index contributed by atoms with van der Waals surface area (Å²) in [4.78, 5) is 17.1. The second-order valence-electron chi connectivity index (χ2n) is 10.2. The number of nitrogens with two attached hydrogens (primary N) is 1. The Labute approximate surface area is 250 Å². The standard InChI is InChI=1S/C33H33Cl2NOS2/c1-20(2)22-5-11-27(12-6-22)38-31-15-9-25(34)17-24(31)18-30(33(36)37)29-19-26(35)10-16-32(29)39-28-13-7-23(8-14-28)21(3)4/h5-17,19-21,30H,18H2,1-4H3,(H2,36,37). The van der Waals surface area contributed by atoms with E-state index in [4.69, 9.17) is 28.9 Å². The maximum atomic E-state index is 12.9. The van der Waals surface area contributed by atoms with E-state index in [1.807, 2.05) is 36.4 Å². The number of primary amides is 1. The number of carbonyl (C=O) groups is 1. The van der Waals surface area contributed by atoms with Crippen molar-refractivity contribution in [3.63, 3.8) is 0 Å². The summed E-state index contributed by atoms with van der Waals surface area (Å²) in [6.07, 6.45) is 0.419. The Balaban J connectivity index is 1.66. The first-order valence-corrected chi connectivity index (χ1v) is 15.4. The van der Waals surface area contributed by atoms with Gasteiger partial charge in [0.2, 0.25) is 5.91 Å². The van der Waals surface area contributed by atoms with E-state index in [0.29, 0.717) is 28.3 Å². The van der Waals surface area contributed by atoms with Gasteiger partial charge in [-0.05, 0) is 101 Å². The van der Waals surface area contributed by atoms with Gasteiger partial charge in [-0.15, -0.1) is 0 Å². The largest absolute Gasteiger partial charge is 0.369 e. The highest BCUT2D eigenvalue weighted by Gasteiger charge is 2.24. The molecular weight excluding hydrogens is 561 g/mol. The maximum Gasteiger partial charge on any atom is 0.225 e. The van der Waals surface area contributed by atoms with Gasteiger partial charge in [-0.25, -0.2) is 0 Å². The SMILES string of the molecule is CC(C)c1ccc(Sc2ccc(Cl)cc2CC(C(N)=O)c2cc(Cl)ccc2Sc2ccc(C(C)C)cc2)cc1. The van der Waals surface area contributed by atoms with E-state index < -0.39 is 11.8 Å². The van der Waals surface area contributed by atoms with Crippen molar-refractivity contribution in [3.05, 3.63) is 117 Å². The average molecular weight is 595 g/mol. The molecule has 4 aromatic carbocycles. The van der Waals surface area contributed by atoms with Crippen LogP contribution < -0.4 is 5.73 Å². The van der Waals surface area contributed by atoms with E-state index in [0.717, 1.165) is 30.7 Å². The van der Waals surface area contributed by atoms with Crippen molar-refractivity contribution < 1.29 is 4.79 Å². The van der Waals surface area contributed by atoms with Crippen molar-refractivity contribution in [3.8, 4) is 0 Å². The lowest BCUT2D eigenvalue weighted by Gasteiger charge is -2.20. The lowest BCUT2D eigenvalue weighted by atomic mass is 9.91. The van der Waals surface area contributed by atoms with Crippen LogP contribution in [0.3, 0.4) is 0 Å². The first-order chi connectivity index (χ1) is 18.6. The van der Waals surface area contributed by atoms with Gasteiger partial charge in [0.1, 0.15) is 0 Å². The molecule has 202 valence electrons. The van der Waals surface area contributed by atoms with Gasteiger partial charge >= 0.3 is 0 Å². The van der Waals surface area contributed by atoms with Crippen molar-refractivity contribution in [1.82, 2.24) is 0 Å². The molecule has 0 aliphatic heterocycles. The molecular formula is C33H33Cl2NOS2. The number of carbonyl (C=O) groups excluding carboxylic acids is 1. The van der Waals surface area contributed by atoms with E-state index in [2.05, 4.69) is 76.2 Å². The Hall–Kier alpha value is -2.37. The molecule has 2 nitrogen and oxygen atoms in total. The Morgan fingerprint density at radius 2 is 1.15 bits per heavy atom. The highest BCUT2D eigenvalue weighted by atomic mass is 35.5. The van der Waals surface area contributed by atoms with Gasteiger partial charge in [0.05, 0.1) is 5.92 Å². The Kier molecular flexibility index (Phi) is 10.1. The molecule has 39 heavy (non-hydrogen) atoms. The maximum absolute atomic E-state index is 12.9. The molecule has 1 atom stereocenters. The van der Waals surface area contributed by atoms with E-state index >= 15 is 0 Å². The molecule has 4 aromatic rings. The molecule has 0 spiro atoms. The minimum Gasteiger partial charge on any atom is -0.369 e. The highest BCUT2D eigenvalue weighted by Crippen LogP contribution is 2.40. The van der Waals surface area contributed by atoms with Crippen LogP contribution in [-0.2, 0) is 11.2 Å². The lowest BCUT2D eigenvalue weighted by Crippen LogP contribution is -2.24. The Morgan fingerprint density at radius 1 is 0.692 bits per heavy atom. The monoisotopic (exact) mass is 593 g/mol. The summed E-state index contributed by atoms with van der Waals surface area (Å²) in [5, 5.41) is 1.19. The number of rotatable bonds is 10. The quantitative estimate of drug-likeness (QED) is 0.199. The van der Waals surface area contributed by atoms with E-state index in [1.165, 1.54) is 11.1 Å². The second kappa shape index (κ2) is 13.3. The minimum absolute atomic E-state index is 0.397. The normalized spacial score (nSPS) is 12.2. The van der Waals surface area contributed by atoms with E-state index in [1.54, 1.807) is 23.5 Å². The van der Waals surface area contributed by atoms with Gasteiger partial charge in [0.25, 0.3) is 0 Å². The Morgan fingerprint density at radius 3 is 1.64 bits per heavy atom. The van der Waals surface area contributed by atoms with Crippen molar-refractivity contribution in [2.75, 3.05) is 0 Å². The van der Waals surface area contributed by atoms with Crippen LogP contribution in [0.1, 0.15) is 67.7 Å². The fourth-order valence-corrected chi connectivity index (χ4v) is 6.66. The fourth-order valence-electron chi connectivity index (χ4n) is 4.37. The smallest absolute Gasteiger partial charge is 0.225 e. The first kappa shape index (κ1) is 29.6. The van der Waals surface area contributed by atoms with Crippen molar-refractivity contribution in [2.24, 2.45) is 5.73 Å². The number of amides is 1. The number of benzene rings is 4. The average Bonchev–Trinajstić information content (AvgIpc) is 2.90. The zero-order valence-corrected chi connectivity index (χ0v) is 25.7. The van der Waals surface area contributed by atoms with E-state index in [-0.39, 0.29) is 0 Å². The summed E-state index contributed by atoms with van der Waals surface area (Å²) in [7, 11) is 0. The fraction of sp³-hybridized carbons (Fsp3) is 0.242. The van der Waals surface area contributed by atoms with Crippen LogP contribution in [0.15, 0.2) is 105 Å². The highest BCUT2D eigenvalue weighted by molar-refractivity contribution is 7.99. The van der Waals surface area contributed by atoms with Gasteiger partial charge in [-0.3, -0.25) is 4.79 Å². The van der Waals surface area contributed by atoms with Crippen LogP contribution in [0.25, 0.3) is 0 Å². The predicted molar refractivity (Wildman–Crippen MR) is 168 cm³/mol. The van der Waals surface area contributed by atoms with Gasteiger partial charge in [0, 0.05) is 29.6 Å². The molecule has 4 rings (SSSR count). The Bertz CT molecular complexity index is 1430. The molecule has 0 aliphatic carbocycles. The number of halogens is 2. The zero-order chi connectivity index (χ0) is 28.1. The van der Waals surface area contributed by atoms with Gasteiger partial charge in [-0.1, -0.05) is 98.7 Å². The van der Waals surface area contributed by atoms with Gasteiger partial charge < -0.3 is 5.73 Å². The molecule has 0 heterocycles. The molecule has 0 bridgehead atoms. The summed E-state index contributed by atoms with van der Waals surface area (Å²) in [5.74, 6) is -0.0228. The van der Waals surface area contributed by atoms with Gasteiger partial charge in [-0.2, -0.15) is 0 Å². The molecule has 0 saturated carbocycles. The minimum atomic E-state index is -0.567. The summed E-state index contributed by atoms with van der Waals surface area (Å²) < 4.78 is 0. The van der Waals surface area contributed by atoms with Crippen LogP contribution in [0.2, 0.25) is 10.0 Å². The molecule has 0 saturated heterocycles. The molecule has 6 heteroatoms. The summed E-state index contributed by atoms with van der Waals surface area (Å²) in [6, 6.07) is 28.7. The third kappa shape index (κ3) is 7.85. The summed E-state index contributed by atoms with van der Waals surface area (Å²) >= 11 is 16.2. The third-order valence-electron chi connectivity index (χ3n) is 6.69. The first-order valence-electron chi connectivity index (χ1n) is 13.0. The van der Waals surface area contributed by atoms with E-state index in [9.17, 15) is 4.79 Å². The van der Waals surface area contributed by atoms with Crippen LogP contribution in [0.5, 0.6) is 0 Å².